The van der Waals surface area contributed by atoms with Gasteiger partial charge in [0.1, 0.15) is 11.5 Å². The molecule has 0 radical (unpaired) electrons. The number of aromatic amines is 1. The number of carbonyl (C=O) groups excluding carboxylic acids is 1. The van der Waals surface area contributed by atoms with Crippen molar-refractivity contribution >= 4 is 16.7 Å². The maximum Gasteiger partial charge on any atom is 0.270 e. The van der Waals surface area contributed by atoms with E-state index in [0.29, 0.717) is 11.9 Å². The fourth-order valence-electron chi connectivity index (χ4n) is 3.52. The Balaban J connectivity index is 1.70. The second-order valence-electron chi connectivity index (χ2n) is 6.31. The molecule has 1 N–H and O–H groups in total. The van der Waals surface area contributed by atoms with Gasteiger partial charge in [-0.1, -0.05) is 30.3 Å². The monoisotopic (exact) mass is 336 g/mol. The molecule has 1 saturated heterocycles. The number of nitrogens with zero attached hydrogens (tertiary/aromatic N) is 1. The Labute approximate surface area is 143 Å². The summed E-state index contributed by atoms with van der Waals surface area (Å²) in [6.07, 6.45) is 1.71. The van der Waals surface area contributed by atoms with Crippen molar-refractivity contribution in [3.63, 3.8) is 0 Å². The smallest absolute Gasteiger partial charge is 0.270 e. The van der Waals surface area contributed by atoms with Crippen molar-refractivity contribution in [2.45, 2.75) is 18.9 Å². The van der Waals surface area contributed by atoms with E-state index in [1.807, 2.05) is 12.1 Å². The average Bonchev–Trinajstić information content (AvgIpc) is 3.11. The molecule has 1 fully saturated rings. The Morgan fingerprint density at radius 2 is 1.88 bits per heavy atom. The number of hydrogen-bond donors (Lipinski definition) is 1. The van der Waals surface area contributed by atoms with Crippen LogP contribution in [0.3, 0.4) is 0 Å². The molecule has 1 aromatic heterocycles. The molecule has 2 aromatic carbocycles. The third-order valence-corrected chi connectivity index (χ3v) is 4.75. The van der Waals surface area contributed by atoms with E-state index in [4.69, 9.17) is 0 Å². The molecule has 1 aliphatic rings. The topological polar surface area (TPSA) is 53.2 Å². The molecular weight excluding hydrogens is 319 g/mol. The van der Waals surface area contributed by atoms with Gasteiger partial charge in [0.05, 0.1) is 6.04 Å². The van der Waals surface area contributed by atoms with Crippen LogP contribution in [0.1, 0.15) is 34.9 Å². The number of H-pyrrole nitrogens is 1. The molecule has 4 rings (SSSR count). The molecule has 0 spiro atoms. The van der Waals surface area contributed by atoms with Crippen molar-refractivity contribution in [3.05, 3.63) is 82.0 Å². The lowest BCUT2D eigenvalue weighted by atomic mass is 10.0. The minimum atomic E-state index is -0.293. The fourth-order valence-corrected chi connectivity index (χ4v) is 3.52. The fraction of sp³-hybridized carbons (Fsp3) is 0.200. The van der Waals surface area contributed by atoms with E-state index in [2.05, 4.69) is 4.98 Å². The summed E-state index contributed by atoms with van der Waals surface area (Å²) in [5, 5.41) is 1.31. The van der Waals surface area contributed by atoms with Crippen molar-refractivity contribution in [2.75, 3.05) is 6.54 Å². The number of aromatic nitrogens is 1. The standard InChI is InChI=1S/C20H17FN2O2/c21-15-9-7-13(8-10-15)18-6-3-11-23(18)20(25)17-12-14-4-1-2-5-16(14)19(24)22-17/h1-2,4-5,7-10,12,18H,3,6,11H2,(H,22,24)/t18-/m1/s1. The molecule has 1 atom stereocenters. The molecule has 2 heterocycles. The number of amides is 1. The van der Waals surface area contributed by atoms with Gasteiger partial charge in [-0.15, -0.1) is 0 Å². The predicted octanol–water partition coefficient (Wildman–Crippen LogP) is 3.64. The number of likely N-dealkylation sites (tertiary alicyclic amines) is 1. The number of hydrogen-bond acceptors (Lipinski definition) is 2. The summed E-state index contributed by atoms with van der Waals surface area (Å²) in [6, 6.07) is 15.1. The van der Waals surface area contributed by atoms with Crippen LogP contribution in [-0.2, 0) is 0 Å². The van der Waals surface area contributed by atoms with Crippen LogP contribution in [0, 0.1) is 5.82 Å². The first kappa shape index (κ1) is 15.6. The highest BCUT2D eigenvalue weighted by atomic mass is 19.1. The second kappa shape index (κ2) is 6.16. The Morgan fingerprint density at radius 3 is 2.68 bits per heavy atom. The first-order valence-electron chi connectivity index (χ1n) is 8.32. The number of pyridine rings is 1. The van der Waals surface area contributed by atoms with Gasteiger partial charge in [-0.25, -0.2) is 4.39 Å². The summed E-state index contributed by atoms with van der Waals surface area (Å²) in [5.41, 5.74) is 0.937. The highest BCUT2D eigenvalue weighted by Crippen LogP contribution is 2.33. The van der Waals surface area contributed by atoms with Crippen LogP contribution >= 0.6 is 0 Å². The number of nitrogens with one attached hydrogen (secondary N) is 1. The molecule has 126 valence electrons. The lowest BCUT2D eigenvalue weighted by Crippen LogP contribution is -2.32. The number of halogens is 1. The van der Waals surface area contributed by atoms with Gasteiger partial charge >= 0.3 is 0 Å². The molecular formula is C20H17FN2O2. The number of benzene rings is 2. The zero-order valence-electron chi connectivity index (χ0n) is 13.5. The van der Waals surface area contributed by atoms with Crippen LogP contribution in [0.2, 0.25) is 0 Å². The van der Waals surface area contributed by atoms with Gasteiger partial charge in [0.15, 0.2) is 0 Å². The van der Waals surface area contributed by atoms with E-state index >= 15 is 0 Å². The molecule has 0 aliphatic carbocycles. The molecule has 4 nitrogen and oxygen atoms in total. The first-order valence-corrected chi connectivity index (χ1v) is 8.32. The highest BCUT2D eigenvalue weighted by Gasteiger charge is 2.31. The van der Waals surface area contributed by atoms with Crippen LogP contribution in [0.25, 0.3) is 10.8 Å². The Bertz CT molecular complexity index is 994. The molecule has 0 unspecified atom stereocenters. The van der Waals surface area contributed by atoms with Crippen LogP contribution in [0.15, 0.2) is 59.4 Å². The Kier molecular flexibility index (Phi) is 3.84. The minimum Gasteiger partial charge on any atom is -0.330 e. The molecule has 5 heteroatoms. The third-order valence-electron chi connectivity index (χ3n) is 4.75. The van der Waals surface area contributed by atoms with E-state index in [9.17, 15) is 14.0 Å². The summed E-state index contributed by atoms with van der Waals surface area (Å²) in [4.78, 5) is 29.7. The van der Waals surface area contributed by atoms with Crippen molar-refractivity contribution in [2.24, 2.45) is 0 Å². The number of rotatable bonds is 2. The van der Waals surface area contributed by atoms with Gasteiger partial charge in [0.2, 0.25) is 0 Å². The lowest BCUT2D eigenvalue weighted by molar-refractivity contribution is 0.0729. The SMILES string of the molecule is O=C(c1cc2ccccc2c(=O)[nH]1)N1CCC[C@@H]1c1ccc(F)cc1. The quantitative estimate of drug-likeness (QED) is 0.777. The van der Waals surface area contributed by atoms with Crippen LogP contribution in [0.5, 0.6) is 0 Å². The summed E-state index contributed by atoms with van der Waals surface area (Å²) < 4.78 is 13.2. The van der Waals surface area contributed by atoms with Gasteiger partial charge in [-0.3, -0.25) is 9.59 Å². The highest BCUT2D eigenvalue weighted by molar-refractivity contribution is 5.96. The molecule has 3 aromatic rings. The summed E-state index contributed by atoms with van der Waals surface area (Å²) >= 11 is 0. The van der Waals surface area contributed by atoms with Crippen LogP contribution < -0.4 is 5.56 Å². The van der Waals surface area contributed by atoms with Gasteiger partial charge < -0.3 is 9.88 Å². The van der Waals surface area contributed by atoms with Crippen molar-refractivity contribution in [1.29, 1.82) is 0 Å². The van der Waals surface area contributed by atoms with Crippen molar-refractivity contribution in [1.82, 2.24) is 9.88 Å². The number of carbonyl (C=O) groups is 1. The molecule has 25 heavy (non-hydrogen) atoms. The van der Waals surface area contributed by atoms with Crippen molar-refractivity contribution in [3.8, 4) is 0 Å². The lowest BCUT2D eigenvalue weighted by Gasteiger charge is -2.25. The minimum absolute atomic E-state index is 0.0944. The van der Waals surface area contributed by atoms with E-state index in [-0.39, 0.29) is 29.0 Å². The van der Waals surface area contributed by atoms with Crippen LogP contribution in [0.4, 0.5) is 4.39 Å². The van der Waals surface area contributed by atoms with E-state index < -0.39 is 0 Å². The van der Waals surface area contributed by atoms with Gasteiger partial charge in [0.25, 0.3) is 11.5 Å². The van der Waals surface area contributed by atoms with E-state index in [1.165, 1.54) is 12.1 Å². The van der Waals surface area contributed by atoms with Gasteiger partial charge in [-0.2, -0.15) is 0 Å². The average molecular weight is 336 g/mol. The zero-order valence-corrected chi connectivity index (χ0v) is 13.5. The molecule has 1 amide bonds. The van der Waals surface area contributed by atoms with E-state index in [0.717, 1.165) is 23.8 Å². The van der Waals surface area contributed by atoms with E-state index in [1.54, 1.807) is 35.2 Å². The second-order valence-corrected chi connectivity index (χ2v) is 6.31. The summed E-state index contributed by atoms with van der Waals surface area (Å²) in [7, 11) is 0. The maximum atomic E-state index is 13.2. The molecule has 0 bridgehead atoms. The Hall–Kier alpha value is -2.95. The first-order chi connectivity index (χ1) is 12.1. The predicted molar refractivity (Wildman–Crippen MR) is 94.0 cm³/mol. The normalized spacial score (nSPS) is 17.2. The van der Waals surface area contributed by atoms with Crippen molar-refractivity contribution < 1.29 is 9.18 Å². The zero-order chi connectivity index (χ0) is 17.4. The van der Waals surface area contributed by atoms with Crippen LogP contribution in [-0.4, -0.2) is 22.3 Å². The number of fused-ring (bicyclic) bond motifs is 1. The third kappa shape index (κ3) is 2.82. The summed E-state index contributed by atoms with van der Waals surface area (Å²) in [6.45, 7) is 0.621. The largest absolute Gasteiger partial charge is 0.330 e. The maximum absolute atomic E-state index is 13.2. The Morgan fingerprint density at radius 1 is 1.12 bits per heavy atom. The summed E-state index contributed by atoms with van der Waals surface area (Å²) in [5.74, 6) is -0.492. The van der Waals surface area contributed by atoms with Gasteiger partial charge in [0, 0.05) is 11.9 Å². The molecule has 0 saturated carbocycles. The molecule has 1 aliphatic heterocycles. The van der Waals surface area contributed by atoms with Gasteiger partial charge in [-0.05, 0) is 48.1 Å².